The molecule has 0 aliphatic carbocycles. The van der Waals surface area contributed by atoms with Crippen molar-refractivity contribution in [2.75, 3.05) is 58.2 Å². The number of rotatable bonds is 7. The van der Waals surface area contributed by atoms with E-state index < -0.39 is 11.4 Å². The molecule has 1 amide bonds. The van der Waals surface area contributed by atoms with E-state index in [0.717, 1.165) is 32.8 Å². The molecule has 7 rings (SSSR count). The SMILES string of the molecule is CC(C)(/C=C(\C#N)C(=O)N1CCC[C@H](n2nc(-c3ccc(Oc4ccccc4)cc3F)c3c(N)ncnc32)C1)N1CCN2CCOC[C@H]2C1. The third-order valence-electron chi connectivity index (χ3n) is 9.82. The third-order valence-corrected chi connectivity index (χ3v) is 9.82. The maximum absolute atomic E-state index is 15.7. The second kappa shape index (κ2) is 13.5. The van der Waals surface area contributed by atoms with Gasteiger partial charge in [-0.05, 0) is 57.0 Å². The van der Waals surface area contributed by atoms with Gasteiger partial charge in [0.2, 0.25) is 0 Å². The van der Waals surface area contributed by atoms with Gasteiger partial charge >= 0.3 is 0 Å². The van der Waals surface area contributed by atoms with Crippen LogP contribution in [0, 0.1) is 17.1 Å². The number of carbonyl (C=O) groups is 1. The molecule has 0 unspecified atom stereocenters. The number of hydrogen-bond acceptors (Lipinski definition) is 10. The molecule has 0 spiro atoms. The van der Waals surface area contributed by atoms with Gasteiger partial charge in [0.1, 0.15) is 46.8 Å². The van der Waals surface area contributed by atoms with Gasteiger partial charge in [0.15, 0.2) is 5.65 Å². The van der Waals surface area contributed by atoms with Crippen LogP contribution in [-0.4, -0.2) is 104 Å². The lowest BCUT2D eigenvalue weighted by Crippen LogP contribution is -2.61. The lowest BCUT2D eigenvalue weighted by molar-refractivity contribution is -0.128. The van der Waals surface area contributed by atoms with Crippen LogP contribution in [0.1, 0.15) is 32.7 Å². The van der Waals surface area contributed by atoms with Crippen molar-refractivity contribution in [2.45, 2.75) is 44.3 Å². The molecule has 2 aromatic heterocycles. The minimum Gasteiger partial charge on any atom is -0.457 e. The predicted octanol–water partition coefficient (Wildman–Crippen LogP) is 4.42. The van der Waals surface area contributed by atoms with Crippen LogP contribution < -0.4 is 10.5 Å². The molecular formula is C36H40FN9O3. The van der Waals surface area contributed by atoms with Crippen molar-refractivity contribution in [2.24, 2.45) is 0 Å². The number of nitriles is 1. The summed E-state index contributed by atoms with van der Waals surface area (Å²) in [6.07, 6.45) is 4.57. The van der Waals surface area contributed by atoms with E-state index in [1.54, 1.807) is 33.8 Å². The molecule has 3 fully saturated rings. The lowest BCUT2D eigenvalue weighted by Gasteiger charge is -2.48. The minimum absolute atomic E-state index is 0.116. The zero-order chi connectivity index (χ0) is 34.1. The molecule has 0 saturated carbocycles. The van der Waals surface area contributed by atoms with E-state index in [-0.39, 0.29) is 28.9 Å². The van der Waals surface area contributed by atoms with Crippen LogP contribution in [-0.2, 0) is 9.53 Å². The smallest absolute Gasteiger partial charge is 0.264 e. The van der Waals surface area contributed by atoms with E-state index in [4.69, 9.17) is 20.3 Å². The molecule has 2 atom stereocenters. The topological polar surface area (TPSA) is 139 Å². The van der Waals surface area contributed by atoms with E-state index in [9.17, 15) is 10.1 Å². The summed E-state index contributed by atoms with van der Waals surface area (Å²) in [4.78, 5) is 29.1. The van der Waals surface area contributed by atoms with Crippen LogP contribution in [0.4, 0.5) is 10.2 Å². The Balaban J connectivity index is 1.13. The number of nitrogen functional groups attached to an aromatic ring is 1. The number of hydrogen-bond donors (Lipinski definition) is 1. The first kappa shape index (κ1) is 32.6. The number of aromatic nitrogens is 4. The van der Waals surface area contributed by atoms with Gasteiger partial charge in [-0.3, -0.25) is 14.6 Å². The summed E-state index contributed by atoms with van der Waals surface area (Å²) in [7, 11) is 0. The summed E-state index contributed by atoms with van der Waals surface area (Å²) in [6.45, 7) is 9.89. The van der Waals surface area contributed by atoms with Crippen molar-refractivity contribution in [1.29, 1.82) is 5.26 Å². The number of amides is 1. The molecule has 49 heavy (non-hydrogen) atoms. The number of likely N-dealkylation sites (tertiary alicyclic amines) is 1. The predicted molar refractivity (Wildman–Crippen MR) is 182 cm³/mol. The van der Waals surface area contributed by atoms with E-state index >= 15 is 4.39 Å². The number of ether oxygens (including phenoxy) is 2. The highest BCUT2D eigenvalue weighted by atomic mass is 19.1. The van der Waals surface area contributed by atoms with Crippen LogP contribution in [0.25, 0.3) is 22.3 Å². The highest BCUT2D eigenvalue weighted by Crippen LogP contribution is 2.36. The fraction of sp³-hybridized carbons (Fsp3) is 0.417. The fourth-order valence-corrected chi connectivity index (χ4v) is 7.18. The molecule has 254 valence electrons. The molecule has 12 nitrogen and oxygen atoms in total. The Morgan fingerprint density at radius 1 is 1.08 bits per heavy atom. The molecule has 4 aromatic rings. The molecule has 3 aliphatic rings. The summed E-state index contributed by atoms with van der Waals surface area (Å²) < 4.78 is 28.9. The molecule has 13 heteroatoms. The van der Waals surface area contributed by atoms with Gasteiger partial charge in [0.05, 0.1) is 24.6 Å². The Kier molecular flexibility index (Phi) is 9.02. The number of para-hydroxylation sites is 1. The summed E-state index contributed by atoms with van der Waals surface area (Å²) in [5.74, 6) is 0.264. The van der Waals surface area contributed by atoms with Crippen molar-refractivity contribution in [3.63, 3.8) is 0 Å². The van der Waals surface area contributed by atoms with Crippen molar-refractivity contribution < 1.29 is 18.7 Å². The normalized spacial score (nSPS) is 20.9. The number of benzene rings is 2. The highest BCUT2D eigenvalue weighted by molar-refractivity contribution is 5.99. The number of nitrogens with two attached hydrogens (primary N) is 1. The zero-order valence-corrected chi connectivity index (χ0v) is 27.8. The summed E-state index contributed by atoms with van der Waals surface area (Å²) in [6, 6.07) is 16.0. The zero-order valence-electron chi connectivity index (χ0n) is 27.8. The van der Waals surface area contributed by atoms with Gasteiger partial charge in [-0.1, -0.05) is 18.2 Å². The number of fused-ring (bicyclic) bond motifs is 2. The Labute approximate surface area is 284 Å². The van der Waals surface area contributed by atoms with Gasteiger partial charge in [0.25, 0.3) is 5.91 Å². The Bertz CT molecular complexity index is 1920. The minimum atomic E-state index is -0.535. The maximum Gasteiger partial charge on any atom is 0.264 e. The molecular weight excluding hydrogens is 625 g/mol. The van der Waals surface area contributed by atoms with E-state index in [0.29, 0.717) is 66.8 Å². The number of carbonyl (C=O) groups excluding carboxylic acids is 1. The highest BCUT2D eigenvalue weighted by Gasteiger charge is 2.37. The first-order chi connectivity index (χ1) is 23.7. The molecule has 5 heterocycles. The first-order valence-corrected chi connectivity index (χ1v) is 16.7. The molecule has 2 N–H and O–H groups in total. The standard InChI is InChI=1S/C36H40FN9O3/c1-36(2,45-14-13-43-15-16-48-22-26(43)21-45)18-24(19-38)35(47)44-12-6-7-25(20-44)46-34-31(33(39)40-23-41-34)32(42-46)29-11-10-28(17-30(29)37)49-27-8-4-3-5-9-27/h3-5,8-11,17-18,23,25-26H,6-7,12-16,20-22H2,1-2H3,(H2,39,40,41)/b24-18+/t25-,26+/m0/s1. The molecule has 3 aliphatic heterocycles. The second-order valence-electron chi connectivity index (χ2n) is 13.4. The summed E-state index contributed by atoms with van der Waals surface area (Å²) in [5, 5.41) is 15.5. The van der Waals surface area contributed by atoms with Crippen LogP contribution >= 0.6 is 0 Å². The van der Waals surface area contributed by atoms with Crippen molar-refractivity contribution in [1.82, 2.24) is 34.4 Å². The average molecular weight is 666 g/mol. The van der Waals surface area contributed by atoms with E-state index in [2.05, 4.69) is 39.7 Å². The molecule has 3 saturated heterocycles. The molecule has 2 aromatic carbocycles. The average Bonchev–Trinajstić information content (AvgIpc) is 3.51. The number of anilines is 1. The number of nitrogens with zero attached hydrogens (tertiary/aromatic N) is 8. The van der Waals surface area contributed by atoms with Crippen molar-refractivity contribution in [3.8, 4) is 28.8 Å². The Morgan fingerprint density at radius 3 is 2.71 bits per heavy atom. The second-order valence-corrected chi connectivity index (χ2v) is 13.4. The van der Waals surface area contributed by atoms with Crippen molar-refractivity contribution >= 4 is 22.8 Å². The lowest BCUT2D eigenvalue weighted by atomic mass is 9.95. The Hall–Kier alpha value is -4.90. The monoisotopic (exact) mass is 665 g/mol. The fourth-order valence-electron chi connectivity index (χ4n) is 7.18. The molecule has 0 bridgehead atoms. The van der Waals surface area contributed by atoms with Gasteiger partial charge < -0.3 is 20.1 Å². The third kappa shape index (κ3) is 6.59. The van der Waals surface area contributed by atoms with Crippen LogP contribution in [0.2, 0.25) is 0 Å². The van der Waals surface area contributed by atoms with Crippen LogP contribution in [0.5, 0.6) is 11.5 Å². The largest absolute Gasteiger partial charge is 0.457 e. The van der Waals surface area contributed by atoms with Crippen LogP contribution in [0.3, 0.4) is 0 Å². The summed E-state index contributed by atoms with van der Waals surface area (Å²) in [5.41, 5.74) is 6.93. The molecule has 0 radical (unpaired) electrons. The Morgan fingerprint density at radius 2 is 1.92 bits per heavy atom. The number of halogens is 1. The van der Waals surface area contributed by atoms with E-state index in [1.165, 1.54) is 12.4 Å². The quantitative estimate of drug-likeness (QED) is 0.223. The van der Waals surface area contributed by atoms with E-state index in [1.807, 2.05) is 24.3 Å². The first-order valence-electron chi connectivity index (χ1n) is 16.7. The van der Waals surface area contributed by atoms with Gasteiger partial charge in [0, 0.05) is 62.5 Å². The summed E-state index contributed by atoms with van der Waals surface area (Å²) >= 11 is 0. The number of morpholine rings is 1. The number of piperazine rings is 1. The number of piperidine rings is 1. The van der Waals surface area contributed by atoms with Gasteiger partial charge in [-0.15, -0.1) is 0 Å². The van der Waals surface area contributed by atoms with Crippen LogP contribution in [0.15, 0.2) is 66.5 Å². The van der Waals surface area contributed by atoms with Crippen molar-refractivity contribution in [3.05, 3.63) is 72.3 Å². The van der Waals surface area contributed by atoms with Gasteiger partial charge in [-0.2, -0.15) is 10.4 Å². The maximum atomic E-state index is 15.7. The van der Waals surface area contributed by atoms with Gasteiger partial charge in [-0.25, -0.2) is 19.0 Å².